The second-order valence-electron chi connectivity index (χ2n) is 4.56. The molecule has 0 amide bonds. The number of nitro groups is 1. The average Bonchev–Trinajstić information content (AvgIpc) is 2.28. The second-order valence-corrected chi connectivity index (χ2v) is 5.43. The molecule has 0 aliphatic rings. The summed E-state index contributed by atoms with van der Waals surface area (Å²) in [5, 5.41) is 23.6. The minimum absolute atomic E-state index is 0.126. The number of hydrogen-bond donors (Lipinski definition) is 2. The lowest BCUT2D eigenvalue weighted by Gasteiger charge is -2.22. The van der Waals surface area contributed by atoms with Crippen LogP contribution in [0.15, 0.2) is 18.2 Å². The molecule has 5 nitrogen and oxygen atoms in total. The van der Waals surface area contributed by atoms with Gasteiger partial charge in [0.1, 0.15) is 5.82 Å². The van der Waals surface area contributed by atoms with Crippen LogP contribution in [0.1, 0.15) is 12.5 Å². The fourth-order valence-corrected chi connectivity index (χ4v) is 2.43. The molecule has 1 rings (SSSR count). The van der Waals surface area contributed by atoms with E-state index in [9.17, 15) is 19.6 Å². The largest absolute Gasteiger partial charge is 0.388 e. The van der Waals surface area contributed by atoms with E-state index in [1.807, 2.05) is 6.26 Å². The topological polar surface area (TPSA) is 75.4 Å². The lowest BCUT2D eigenvalue weighted by molar-refractivity contribution is -0.385. The van der Waals surface area contributed by atoms with Gasteiger partial charge in [-0.15, -0.1) is 0 Å². The molecule has 0 heterocycles. The summed E-state index contributed by atoms with van der Waals surface area (Å²) in [6, 6.07) is 3.34. The number of nitrogens with one attached hydrogen (secondary N) is 1. The molecule has 0 spiro atoms. The Labute approximate surface area is 115 Å². The Bertz CT molecular complexity index is 455. The van der Waals surface area contributed by atoms with Gasteiger partial charge in [0.25, 0.3) is 5.69 Å². The zero-order chi connectivity index (χ0) is 14.5. The molecule has 0 saturated carbocycles. The van der Waals surface area contributed by atoms with Crippen LogP contribution in [0.5, 0.6) is 0 Å². The van der Waals surface area contributed by atoms with Crippen LogP contribution in [-0.4, -0.2) is 34.2 Å². The van der Waals surface area contributed by atoms with Gasteiger partial charge in [0.15, 0.2) is 0 Å². The number of aliphatic hydroxyl groups is 1. The molecule has 0 fully saturated rings. The molecule has 2 N–H and O–H groups in total. The second kappa shape index (κ2) is 6.83. The van der Waals surface area contributed by atoms with E-state index in [1.54, 1.807) is 6.92 Å². The van der Waals surface area contributed by atoms with Crippen LogP contribution in [0.25, 0.3) is 0 Å². The first kappa shape index (κ1) is 15.9. The third kappa shape index (κ3) is 5.14. The molecule has 106 valence electrons. The van der Waals surface area contributed by atoms with Crippen LogP contribution in [0, 0.1) is 15.9 Å². The predicted molar refractivity (Wildman–Crippen MR) is 73.8 cm³/mol. The van der Waals surface area contributed by atoms with Crippen molar-refractivity contribution in [1.29, 1.82) is 0 Å². The van der Waals surface area contributed by atoms with Gasteiger partial charge in [0.2, 0.25) is 0 Å². The van der Waals surface area contributed by atoms with Crippen molar-refractivity contribution in [3.8, 4) is 0 Å². The highest BCUT2D eigenvalue weighted by molar-refractivity contribution is 7.98. The van der Waals surface area contributed by atoms with Gasteiger partial charge in [0.05, 0.1) is 10.5 Å². The van der Waals surface area contributed by atoms with Gasteiger partial charge in [-0.1, -0.05) is 0 Å². The highest BCUT2D eigenvalue weighted by Gasteiger charge is 2.20. The summed E-state index contributed by atoms with van der Waals surface area (Å²) in [5.74, 6) is 0.0314. The molecule has 0 aromatic heterocycles. The first-order valence-corrected chi connectivity index (χ1v) is 7.10. The van der Waals surface area contributed by atoms with Crippen LogP contribution >= 0.6 is 11.8 Å². The Morgan fingerprint density at radius 1 is 1.58 bits per heavy atom. The lowest BCUT2D eigenvalue weighted by atomic mass is 10.1. The van der Waals surface area contributed by atoms with Gasteiger partial charge < -0.3 is 10.4 Å². The standard InChI is InChI=1S/C12H17FN2O3S/c1-12(16,8-19-2)7-14-6-9-5-10(13)3-4-11(9)15(17)18/h3-5,14,16H,6-8H2,1-2H3. The van der Waals surface area contributed by atoms with Crippen LogP contribution in [-0.2, 0) is 6.54 Å². The normalized spacial score (nSPS) is 14.1. The average molecular weight is 288 g/mol. The van der Waals surface area contributed by atoms with Gasteiger partial charge in [-0.2, -0.15) is 11.8 Å². The highest BCUT2D eigenvalue weighted by Crippen LogP contribution is 2.19. The molecular formula is C12H17FN2O3S. The summed E-state index contributed by atoms with van der Waals surface area (Å²) in [6.07, 6.45) is 1.88. The van der Waals surface area contributed by atoms with Gasteiger partial charge >= 0.3 is 0 Å². The van der Waals surface area contributed by atoms with Crippen molar-refractivity contribution in [3.05, 3.63) is 39.7 Å². The van der Waals surface area contributed by atoms with Crippen molar-refractivity contribution >= 4 is 17.4 Å². The molecule has 1 unspecified atom stereocenters. The number of hydrogen-bond acceptors (Lipinski definition) is 5. The van der Waals surface area contributed by atoms with Crippen molar-refractivity contribution in [1.82, 2.24) is 5.32 Å². The predicted octanol–water partition coefficient (Wildman–Crippen LogP) is 1.94. The van der Waals surface area contributed by atoms with Crippen LogP contribution in [0.2, 0.25) is 0 Å². The Morgan fingerprint density at radius 3 is 2.84 bits per heavy atom. The Hall–Kier alpha value is -1.18. The zero-order valence-corrected chi connectivity index (χ0v) is 11.7. The molecule has 1 atom stereocenters. The lowest BCUT2D eigenvalue weighted by Crippen LogP contribution is -2.39. The molecule has 1 aromatic carbocycles. The first-order valence-electron chi connectivity index (χ1n) is 5.70. The third-order valence-corrected chi connectivity index (χ3v) is 3.43. The van der Waals surface area contributed by atoms with E-state index < -0.39 is 16.3 Å². The highest BCUT2D eigenvalue weighted by atomic mass is 32.2. The zero-order valence-electron chi connectivity index (χ0n) is 10.9. The van der Waals surface area contributed by atoms with Gasteiger partial charge in [-0.25, -0.2) is 4.39 Å². The van der Waals surface area contributed by atoms with Gasteiger partial charge in [-0.05, 0) is 25.3 Å². The van der Waals surface area contributed by atoms with Crippen molar-refractivity contribution in [2.75, 3.05) is 18.6 Å². The molecular weight excluding hydrogens is 271 g/mol. The quantitative estimate of drug-likeness (QED) is 0.592. The van der Waals surface area contributed by atoms with E-state index in [1.165, 1.54) is 11.8 Å². The first-order chi connectivity index (χ1) is 8.85. The molecule has 0 radical (unpaired) electrons. The number of nitrogens with zero attached hydrogens (tertiary/aromatic N) is 1. The molecule has 19 heavy (non-hydrogen) atoms. The van der Waals surface area contributed by atoms with Crippen molar-refractivity contribution in [3.63, 3.8) is 0 Å². The van der Waals surface area contributed by atoms with Crippen LogP contribution in [0.4, 0.5) is 10.1 Å². The molecule has 7 heteroatoms. The fraction of sp³-hybridized carbons (Fsp3) is 0.500. The molecule has 1 aromatic rings. The van der Waals surface area contributed by atoms with E-state index in [0.717, 1.165) is 18.2 Å². The molecule has 0 bridgehead atoms. The van der Waals surface area contributed by atoms with Crippen molar-refractivity contribution < 1.29 is 14.4 Å². The van der Waals surface area contributed by atoms with Gasteiger partial charge in [-0.3, -0.25) is 10.1 Å². The SMILES string of the molecule is CSCC(C)(O)CNCc1cc(F)ccc1[N+](=O)[O-]. The maximum atomic E-state index is 13.1. The summed E-state index contributed by atoms with van der Waals surface area (Å²) in [7, 11) is 0. The molecule has 0 aliphatic carbocycles. The number of benzene rings is 1. The minimum atomic E-state index is -0.901. The maximum absolute atomic E-state index is 13.1. The Balaban J connectivity index is 2.67. The number of rotatable bonds is 7. The monoisotopic (exact) mass is 288 g/mol. The van der Waals surface area contributed by atoms with E-state index in [2.05, 4.69) is 5.32 Å². The van der Waals surface area contributed by atoms with Crippen molar-refractivity contribution in [2.45, 2.75) is 19.1 Å². The van der Waals surface area contributed by atoms with E-state index in [0.29, 0.717) is 5.75 Å². The summed E-state index contributed by atoms with van der Waals surface area (Å²) in [4.78, 5) is 10.3. The third-order valence-electron chi connectivity index (χ3n) is 2.51. The number of halogens is 1. The maximum Gasteiger partial charge on any atom is 0.274 e. The Kier molecular flexibility index (Phi) is 5.71. The van der Waals surface area contributed by atoms with E-state index in [-0.39, 0.29) is 24.3 Å². The summed E-state index contributed by atoms with van der Waals surface area (Å²) < 4.78 is 13.1. The van der Waals surface area contributed by atoms with E-state index >= 15 is 0 Å². The number of thioether (sulfide) groups is 1. The Morgan fingerprint density at radius 2 is 2.26 bits per heavy atom. The summed E-state index contributed by atoms with van der Waals surface area (Å²) in [6.45, 7) is 2.09. The molecule has 0 saturated heterocycles. The summed E-state index contributed by atoms with van der Waals surface area (Å²) >= 11 is 1.51. The van der Waals surface area contributed by atoms with Crippen molar-refractivity contribution in [2.24, 2.45) is 0 Å². The van der Waals surface area contributed by atoms with Crippen LogP contribution in [0.3, 0.4) is 0 Å². The number of nitro benzene ring substituents is 1. The van der Waals surface area contributed by atoms with Crippen LogP contribution < -0.4 is 5.32 Å². The smallest absolute Gasteiger partial charge is 0.274 e. The van der Waals surface area contributed by atoms with Gasteiger partial charge in [0, 0.05) is 30.5 Å². The van der Waals surface area contributed by atoms with E-state index in [4.69, 9.17) is 0 Å². The molecule has 0 aliphatic heterocycles. The fourth-order valence-electron chi connectivity index (χ4n) is 1.70. The summed E-state index contributed by atoms with van der Waals surface area (Å²) in [5.41, 5.74) is -0.759. The minimum Gasteiger partial charge on any atom is -0.388 e.